The molecule has 0 bridgehead atoms. The van der Waals surface area contributed by atoms with Crippen molar-refractivity contribution in [3.8, 4) is 11.3 Å². The van der Waals surface area contributed by atoms with Crippen LogP contribution in [-0.4, -0.2) is 34.4 Å². The minimum absolute atomic E-state index is 0.0832. The van der Waals surface area contributed by atoms with E-state index in [2.05, 4.69) is 9.97 Å². The van der Waals surface area contributed by atoms with Crippen molar-refractivity contribution in [1.29, 1.82) is 0 Å². The lowest BCUT2D eigenvalue weighted by atomic mass is 10.1. The zero-order valence-electron chi connectivity index (χ0n) is 11.4. The van der Waals surface area contributed by atoms with Crippen molar-refractivity contribution in [2.24, 2.45) is 0 Å². The number of rotatable bonds is 4. The third kappa shape index (κ3) is 3.38. The van der Waals surface area contributed by atoms with Gasteiger partial charge in [0.2, 0.25) is 5.91 Å². The third-order valence-corrected chi connectivity index (χ3v) is 3.94. The Hall–Kier alpha value is -1.75. The summed E-state index contributed by atoms with van der Waals surface area (Å²) in [6.45, 7) is 4.26. The molecule has 0 aromatic carbocycles. The summed E-state index contributed by atoms with van der Waals surface area (Å²) in [7, 11) is 1.81. The molecule has 0 atom stereocenters. The molecule has 4 nitrogen and oxygen atoms in total. The predicted octanol–water partition coefficient (Wildman–Crippen LogP) is 2.53. The number of likely N-dealkylation sites (N-methyl/N-ethyl adjacent to an activating group) is 1. The number of aromatic nitrogens is 2. The van der Waals surface area contributed by atoms with Gasteiger partial charge < -0.3 is 4.90 Å². The molecular weight excluding hydrogens is 258 g/mol. The Bertz CT molecular complexity index is 580. The highest BCUT2D eigenvalue weighted by Crippen LogP contribution is 2.23. The van der Waals surface area contributed by atoms with Gasteiger partial charge in [0.1, 0.15) is 0 Å². The second-order valence-corrected chi connectivity index (χ2v) is 5.40. The van der Waals surface area contributed by atoms with Crippen molar-refractivity contribution in [3.63, 3.8) is 0 Å². The predicted molar refractivity (Wildman–Crippen MR) is 77.1 cm³/mol. The van der Waals surface area contributed by atoms with Gasteiger partial charge >= 0.3 is 0 Å². The van der Waals surface area contributed by atoms with Gasteiger partial charge in [-0.3, -0.25) is 9.78 Å². The SMILES string of the molecule is CC(=O)N(C)CCc1nc(-c2cccnc2C)cs1. The Balaban J connectivity index is 2.08. The highest BCUT2D eigenvalue weighted by molar-refractivity contribution is 7.09. The fourth-order valence-electron chi connectivity index (χ4n) is 1.73. The number of pyridine rings is 1. The monoisotopic (exact) mass is 275 g/mol. The molecule has 100 valence electrons. The number of amides is 1. The smallest absolute Gasteiger partial charge is 0.219 e. The fourth-order valence-corrected chi connectivity index (χ4v) is 2.51. The molecule has 0 fully saturated rings. The molecule has 2 rings (SSSR count). The molecular formula is C14H17N3OS. The average molecular weight is 275 g/mol. The Kier molecular flexibility index (Phi) is 4.27. The summed E-state index contributed by atoms with van der Waals surface area (Å²) in [6, 6.07) is 3.95. The quantitative estimate of drug-likeness (QED) is 0.861. The normalized spacial score (nSPS) is 10.5. The number of aryl methyl sites for hydroxylation is 1. The molecule has 2 aromatic heterocycles. The number of thiazole rings is 1. The van der Waals surface area contributed by atoms with E-state index in [0.717, 1.165) is 28.4 Å². The van der Waals surface area contributed by atoms with Crippen LogP contribution < -0.4 is 0 Å². The summed E-state index contributed by atoms with van der Waals surface area (Å²) in [4.78, 5) is 21.7. The molecule has 19 heavy (non-hydrogen) atoms. The minimum atomic E-state index is 0.0832. The van der Waals surface area contributed by atoms with Crippen molar-refractivity contribution in [2.45, 2.75) is 20.3 Å². The molecule has 2 heterocycles. The van der Waals surface area contributed by atoms with E-state index in [-0.39, 0.29) is 5.91 Å². The number of hydrogen-bond acceptors (Lipinski definition) is 4. The van der Waals surface area contributed by atoms with Crippen LogP contribution in [0.3, 0.4) is 0 Å². The van der Waals surface area contributed by atoms with E-state index < -0.39 is 0 Å². The van der Waals surface area contributed by atoms with Crippen LogP contribution in [-0.2, 0) is 11.2 Å². The van der Waals surface area contributed by atoms with Gasteiger partial charge in [-0.2, -0.15) is 0 Å². The second kappa shape index (κ2) is 5.93. The molecule has 0 aliphatic carbocycles. The van der Waals surface area contributed by atoms with Crippen LogP contribution in [0.5, 0.6) is 0 Å². The Labute approximate surface area is 117 Å². The summed E-state index contributed by atoms with van der Waals surface area (Å²) < 4.78 is 0. The second-order valence-electron chi connectivity index (χ2n) is 4.45. The van der Waals surface area contributed by atoms with Crippen molar-refractivity contribution in [1.82, 2.24) is 14.9 Å². The van der Waals surface area contributed by atoms with E-state index in [4.69, 9.17) is 0 Å². The highest BCUT2D eigenvalue weighted by atomic mass is 32.1. The highest BCUT2D eigenvalue weighted by Gasteiger charge is 2.09. The standard InChI is InChI=1S/C14H17N3OS/c1-10-12(5-4-7-15-10)13-9-19-14(16-13)6-8-17(3)11(2)18/h4-5,7,9H,6,8H2,1-3H3. The lowest BCUT2D eigenvalue weighted by Crippen LogP contribution is -2.26. The van der Waals surface area contributed by atoms with Gasteiger partial charge in [0.25, 0.3) is 0 Å². The summed E-state index contributed by atoms with van der Waals surface area (Å²) in [5, 5.41) is 3.10. The lowest BCUT2D eigenvalue weighted by Gasteiger charge is -2.12. The van der Waals surface area contributed by atoms with Crippen LogP contribution in [0.4, 0.5) is 0 Å². The van der Waals surface area contributed by atoms with Crippen LogP contribution in [0.1, 0.15) is 17.6 Å². The van der Waals surface area contributed by atoms with Crippen LogP contribution in [0.25, 0.3) is 11.3 Å². The van der Waals surface area contributed by atoms with Crippen molar-refractivity contribution >= 4 is 17.2 Å². The van der Waals surface area contributed by atoms with Gasteiger partial charge in [-0.25, -0.2) is 4.98 Å². The van der Waals surface area contributed by atoms with Crippen LogP contribution >= 0.6 is 11.3 Å². The maximum absolute atomic E-state index is 11.1. The van der Waals surface area contributed by atoms with Crippen molar-refractivity contribution < 1.29 is 4.79 Å². The molecule has 0 N–H and O–H groups in total. The minimum Gasteiger partial charge on any atom is -0.346 e. The number of carbonyl (C=O) groups excluding carboxylic acids is 1. The van der Waals surface area contributed by atoms with E-state index in [1.807, 2.05) is 31.5 Å². The maximum atomic E-state index is 11.1. The van der Waals surface area contributed by atoms with Gasteiger partial charge in [-0.15, -0.1) is 11.3 Å². The van der Waals surface area contributed by atoms with E-state index >= 15 is 0 Å². The van der Waals surface area contributed by atoms with Gasteiger partial charge in [-0.05, 0) is 19.1 Å². The first-order chi connectivity index (χ1) is 9.08. The summed E-state index contributed by atoms with van der Waals surface area (Å²) in [5.41, 5.74) is 3.03. The van der Waals surface area contributed by atoms with E-state index in [1.54, 1.807) is 29.4 Å². The Morgan fingerprint density at radius 2 is 2.26 bits per heavy atom. The molecule has 1 amide bonds. The van der Waals surface area contributed by atoms with Crippen molar-refractivity contribution in [3.05, 3.63) is 34.4 Å². The molecule has 0 radical (unpaired) electrons. The first-order valence-electron chi connectivity index (χ1n) is 6.16. The van der Waals surface area contributed by atoms with Gasteiger partial charge in [0, 0.05) is 49.8 Å². The van der Waals surface area contributed by atoms with E-state index in [9.17, 15) is 4.79 Å². The zero-order chi connectivity index (χ0) is 13.8. The first-order valence-corrected chi connectivity index (χ1v) is 7.04. The Morgan fingerprint density at radius 1 is 1.47 bits per heavy atom. The molecule has 2 aromatic rings. The zero-order valence-corrected chi connectivity index (χ0v) is 12.2. The number of carbonyl (C=O) groups is 1. The maximum Gasteiger partial charge on any atom is 0.219 e. The molecule has 0 unspecified atom stereocenters. The summed E-state index contributed by atoms with van der Waals surface area (Å²) in [5.74, 6) is 0.0832. The number of hydrogen-bond donors (Lipinski definition) is 0. The molecule has 0 saturated carbocycles. The molecule has 0 aliphatic rings. The van der Waals surface area contributed by atoms with Crippen molar-refractivity contribution in [2.75, 3.05) is 13.6 Å². The van der Waals surface area contributed by atoms with E-state index in [1.165, 1.54) is 0 Å². The van der Waals surface area contributed by atoms with Gasteiger partial charge in [0.15, 0.2) is 0 Å². The summed E-state index contributed by atoms with van der Waals surface area (Å²) in [6.07, 6.45) is 2.58. The van der Waals surface area contributed by atoms with E-state index in [0.29, 0.717) is 6.54 Å². The van der Waals surface area contributed by atoms with Crippen LogP contribution in [0.2, 0.25) is 0 Å². The average Bonchev–Trinajstić information content (AvgIpc) is 2.85. The molecule has 0 spiro atoms. The number of nitrogens with zero attached hydrogens (tertiary/aromatic N) is 3. The topological polar surface area (TPSA) is 46.1 Å². The molecule has 0 saturated heterocycles. The molecule has 5 heteroatoms. The Morgan fingerprint density at radius 3 is 2.95 bits per heavy atom. The largest absolute Gasteiger partial charge is 0.346 e. The van der Waals surface area contributed by atoms with Crippen LogP contribution in [0, 0.1) is 6.92 Å². The summed E-state index contributed by atoms with van der Waals surface area (Å²) >= 11 is 1.63. The molecule has 0 aliphatic heterocycles. The third-order valence-electron chi connectivity index (χ3n) is 3.03. The lowest BCUT2D eigenvalue weighted by molar-refractivity contribution is -0.127. The van der Waals surface area contributed by atoms with Gasteiger partial charge in [0.05, 0.1) is 10.7 Å². The van der Waals surface area contributed by atoms with Gasteiger partial charge in [-0.1, -0.05) is 0 Å². The van der Waals surface area contributed by atoms with Crippen LogP contribution in [0.15, 0.2) is 23.7 Å². The fraction of sp³-hybridized carbons (Fsp3) is 0.357. The first kappa shape index (κ1) is 13.7.